The van der Waals surface area contributed by atoms with Crippen molar-refractivity contribution in [3.05, 3.63) is 33.3 Å². The molecule has 2 rings (SSSR count). The molecule has 0 spiro atoms. The third-order valence-electron chi connectivity index (χ3n) is 3.98. The van der Waals surface area contributed by atoms with Gasteiger partial charge in [0.25, 0.3) is 0 Å². The molecule has 1 aliphatic heterocycles. The molecule has 1 N–H and O–H groups in total. The summed E-state index contributed by atoms with van der Waals surface area (Å²) >= 11 is 9.65. The van der Waals surface area contributed by atoms with E-state index in [2.05, 4.69) is 52.1 Å². The lowest BCUT2D eigenvalue weighted by Crippen LogP contribution is -2.33. The molecule has 0 aliphatic carbocycles. The molecule has 1 fully saturated rings. The first kappa shape index (κ1) is 15.3. The summed E-state index contributed by atoms with van der Waals surface area (Å²) in [5.41, 5.74) is 1.36. The van der Waals surface area contributed by atoms with E-state index in [0.717, 1.165) is 16.0 Å². The van der Waals surface area contributed by atoms with Gasteiger partial charge in [-0.25, -0.2) is 0 Å². The minimum atomic E-state index is 0.487. The second-order valence-electron chi connectivity index (χ2n) is 5.56. The van der Waals surface area contributed by atoms with Crippen LogP contribution in [0.5, 0.6) is 0 Å². The highest BCUT2D eigenvalue weighted by Crippen LogP contribution is 2.40. The molecule has 1 saturated heterocycles. The molecule has 1 heterocycles. The van der Waals surface area contributed by atoms with Gasteiger partial charge in [-0.2, -0.15) is 0 Å². The number of likely N-dealkylation sites (tertiary alicyclic amines) is 1. The van der Waals surface area contributed by atoms with Crippen molar-refractivity contribution in [3.8, 4) is 0 Å². The minimum Gasteiger partial charge on any atom is -0.319 e. The standard InChI is InChI=1S/C15H22BrClN2/c1-10(2)19-7-6-12(9-18-3)15(19)11-4-5-14(17)13(16)8-11/h4-5,8,10,12,15,18H,6-7,9H2,1-3H3. The van der Waals surface area contributed by atoms with Gasteiger partial charge in [-0.15, -0.1) is 0 Å². The van der Waals surface area contributed by atoms with E-state index in [9.17, 15) is 0 Å². The predicted molar refractivity (Wildman–Crippen MR) is 85.8 cm³/mol. The first-order chi connectivity index (χ1) is 9.04. The topological polar surface area (TPSA) is 15.3 Å². The number of nitrogens with one attached hydrogen (secondary N) is 1. The first-order valence-electron chi connectivity index (χ1n) is 6.90. The lowest BCUT2D eigenvalue weighted by molar-refractivity contribution is 0.182. The van der Waals surface area contributed by atoms with Crippen molar-refractivity contribution in [2.45, 2.75) is 32.4 Å². The van der Waals surface area contributed by atoms with Crippen LogP contribution in [0.3, 0.4) is 0 Å². The van der Waals surface area contributed by atoms with Crippen LogP contribution in [0, 0.1) is 5.92 Å². The van der Waals surface area contributed by atoms with Crippen LogP contribution < -0.4 is 5.32 Å². The summed E-state index contributed by atoms with van der Waals surface area (Å²) in [7, 11) is 2.03. The summed E-state index contributed by atoms with van der Waals surface area (Å²) in [4.78, 5) is 2.59. The smallest absolute Gasteiger partial charge is 0.0548 e. The van der Waals surface area contributed by atoms with Gasteiger partial charge >= 0.3 is 0 Å². The van der Waals surface area contributed by atoms with Gasteiger partial charge in [-0.05, 0) is 79.9 Å². The van der Waals surface area contributed by atoms with Gasteiger partial charge < -0.3 is 5.32 Å². The fraction of sp³-hybridized carbons (Fsp3) is 0.600. The number of rotatable bonds is 4. The molecule has 1 aromatic carbocycles. The van der Waals surface area contributed by atoms with E-state index in [-0.39, 0.29) is 0 Å². The Morgan fingerprint density at radius 2 is 2.21 bits per heavy atom. The monoisotopic (exact) mass is 344 g/mol. The summed E-state index contributed by atoms with van der Waals surface area (Å²) in [6, 6.07) is 7.40. The molecule has 0 radical (unpaired) electrons. The van der Waals surface area contributed by atoms with Gasteiger partial charge in [0.05, 0.1) is 5.02 Å². The zero-order valence-electron chi connectivity index (χ0n) is 11.8. The van der Waals surface area contributed by atoms with Crippen LogP contribution in [0.1, 0.15) is 31.9 Å². The van der Waals surface area contributed by atoms with Crippen LogP contribution >= 0.6 is 27.5 Å². The molecule has 0 amide bonds. The quantitative estimate of drug-likeness (QED) is 0.884. The van der Waals surface area contributed by atoms with Crippen LogP contribution in [0.2, 0.25) is 5.02 Å². The van der Waals surface area contributed by atoms with Crippen molar-refractivity contribution in [1.29, 1.82) is 0 Å². The number of halogens is 2. The molecule has 0 aromatic heterocycles. The molecule has 0 saturated carbocycles. The molecule has 4 heteroatoms. The fourth-order valence-corrected chi connectivity index (χ4v) is 3.61. The van der Waals surface area contributed by atoms with E-state index < -0.39 is 0 Å². The van der Waals surface area contributed by atoms with Crippen molar-refractivity contribution in [3.63, 3.8) is 0 Å². The molecule has 2 unspecified atom stereocenters. The Kier molecular flexibility index (Phi) is 5.29. The second-order valence-corrected chi connectivity index (χ2v) is 6.82. The maximum absolute atomic E-state index is 6.11. The molecule has 2 nitrogen and oxygen atoms in total. The van der Waals surface area contributed by atoms with E-state index in [1.807, 2.05) is 13.1 Å². The Labute approximate surface area is 129 Å². The second kappa shape index (κ2) is 6.57. The molecular formula is C15H22BrClN2. The van der Waals surface area contributed by atoms with Gasteiger partial charge in [-0.1, -0.05) is 17.7 Å². The van der Waals surface area contributed by atoms with Crippen LogP contribution in [-0.4, -0.2) is 31.1 Å². The Hall–Kier alpha value is -0.0900. The Bertz CT molecular complexity index is 436. The summed E-state index contributed by atoms with van der Waals surface area (Å²) in [5, 5.41) is 4.11. The fourth-order valence-electron chi connectivity index (χ4n) is 3.10. The number of hydrogen-bond donors (Lipinski definition) is 1. The number of nitrogens with zero attached hydrogens (tertiary/aromatic N) is 1. The summed E-state index contributed by atoms with van der Waals surface area (Å²) in [5.74, 6) is 0.667. The Balaban J connectivity index is 2.31. The maximum Gasteiger partial charge on any atom is 0.0548 e. The molecule has 19 heavy (non-hydrogen) atoms. The van der Waals surface area contributed by atoms with E-state index >= 15 is 0 Å². The summed E-state index contributed by atoms with van der Waals surface area (Å²) in [6.07, 6.45) is 1.25. The first-order valence-corrected chi connectivity index (χ1v) is 8.07. The highest BCUT2D eigenvalue weighted by Gasteiger charge is 2.36. The zero-order valence-corrected chi connectivity index (χ0v) is 14.1. The Morgan fingerprint density at radius 1 is 1.47 bits per heavy atom. The highest BCUT2D eigenvalue weighted by molar-refractivity contribution is 9.10. The Morgan fingerprint density at radius 3 is 2.79 bits per heavy atom. The molecule has 106 valence electrons. The van der Waals surface area contributed by atoms with Crippen LogP contribution in [0.25, 0.3) is 0 Å². The van der Waals surface area contributed by atoms with Gasteiger partial charge in [0, 0.05) is 16.6 Å². The molecular weight excluding hydrogens is 324 g/mol. The summed E-state index contributed by atoms with van der Waals surface area (Å²) < 4.78 is 0.991. The van der Waals surface area contributed by atoms with Crippen LogP contribution in [0.4, 0.5) is 0 Å². The average molecular weight is 346 g/mol. The average Bonchev–Trinajstić information content (AvgIpc) is 2.77. The molecule has 1 aromatic rings. The van der Waals surface area contributed by atoms with E-state index in [1.165, 1.54) is 18.5 Å². The van der Waals surface area contributed by atoms with E-state index in [4.69, 9.17) is 11.6 Å². The maximum atomic E-state index is 6.11. The van der Waals surface area contributed by atoms with Crippen molar-refractivity contribution < 1.29 is 0 Å². The zero-order chi connectivity index (χ0) is 14.0. The van der Waals surface area contributed by atoms with E-state index in [0.29, 0.717) is 18.0 Å². The van der Waals surface area contributed by atoms with Crippen molar-refractivity contribution in [2.75, 3.05) is 20.1 Å². The number of hydrogen-bond acceptors (Lipinski definition) is 2. The molecule has 1 aliphatic rings. The lowest BCUT2D eigenvalue weighted by atomic mass is 9.93. The van der Waals surface area contributed by atoms with Gasteiger partial charge in [0.15, 0.2) is 0 Å². The van der Waals surface area contributed by atoms with E-state index in [1.54, 1.807) is 0 Å². The highest BCUT2D eigenvalue weighted by atomic mass is 79.9. The van der Waals surface area contributed by atoms with Gasteiger partial charge in [0.1, 0.15) is 0 Å². The van der Waals surface area contributed by atoms with Crippen molar-refractivity contribution >= 4 is 27.5 Å². The third-order valence-corrected chi connectivity index (χ3v) is 5.19. The predicted octanol–water partition coefficient (Wildman–Crippen LogP) is 4.09. The van der Waals surface area contributed by atoms with Crippen molar-refractivity contribution in [1.82, 2.24) is 10.2 Å². The van der Waals surface area contributed by atoms with Gasteiger partial charge in [-0.3, -0.25) is 4.90 Å². The lowest BCUT2D eigenvalue weighted by Gasteiger charge is -2.32. The number of benzene rings is 1. The van der Waals surface area contributed by atoms with Crippen LogP contribution in [-0.2, 0) is 0 Å². The normalized spacial score (nSPS) is 24.3. The molecule has 2 atom stereocenters. The minimum absolute atomic E-state index is 0.487. The van der Waals surface area contributed by atoms with Gasteiger partial charge in [0.2, 0.25) is 0 Å². The SMILES string of the molecule is CNCC1CCN(C(C)C)C1c1ccc(Cl)c(Br)c1. The molecule has 0 bridgehead atoms. The van der Waals surface area contributed by atoms with Crippen LogP contribution in [0.15, 0.2) is 22.7 Å². The summed E-state index contributed by atoms with van der Waals surface area (Å²) in [6.45, 7) is 6.79. The largest absolute Gasteiger partial charge is 0.319 e. The third kappa shape index (κ3) is 3.33. The van der Waals surface area contributed by atoms with Crippen molar-refractivity contribution in [2.24, 2.45) is 5.92 Å².